The van der Waals surface area contributed by atoms with Gasteiger partial charge in [-0.05, 0) is 161 Å². The van der Waals surface area contributed by atoms with E-state index >= 15 is 0 Å². The van der Waals surface area contributed by atoms with Crippen LogP contribution in [0.15, 0.2) is 99.7 Å². The maximum atomic E-state index is 10.8. The van der Waals surface area contributed by atoms with E-state index in [1.807, 2.05) is 219 Å². The number of carbonyl (C=O) groups is 3. The first-order valence-electron chi connectivity index (χ1n) is 40.8. The molecule has 0 unspecified atom stereocenters. The molecule has 4 N–H and O–H groups in total. The van der Waals surface area contributed by atoms with E-state index in [1.165, 1.54) is 40.6 Å². The molecule has 8 aromatic heterocycles. The van der Waals surface area contributed by atoms with Gasteiger partial charge in [-0.25, -0.2) is 15.0 Å². The number of ketones is 2. The minimum Gasteiger partial charge on any atom is -0.414 e. The Labute approximate surface area is 670 Å². The highest BCUT2D eigenvalue weighted by atomic mass is 32.1. The Kier molecular flexibility index (Phi) is 59.8. The normalized spacial score (nSPS) is 11.0. The summed E-state index contributed by atoms with van der Waals surface area (Å²) >= 11 is 4.67. The van der Waals surface area contributed by atoms with E-state index in [0.717, 1.165) is 27.9 Å². The third-order valence-electron chi connectivity index (χ3n) is 14.6. The lowest BCUT2D eigenvalue weighted by atomic mass is 10.0. The van der Waals surface area contributed by atoms with Gasteiger partial charge in [-0.15, -0.1) is 10.2 Å². The first kappa shape index (κ1) is 103. The summed E-state index contributed by atoms with van der Waals surface area (Å²) in [6, 6.07) is 10.3. The number of Topliss-reactive ketones (excluding diaryl/α,β-unsaturated/α-hetero) is 2. The van der Waals surface area contributed by atoms with Crippen LogP contribution in [-0.4, -0.2) is 105 Å². The van der Waals surface area contributed by atoms with Crippen molar-refractivity contribution in [1.82, 2.24) is 74.8 Å². The van der Waals surface area contributed by atoms with E-state index in [2.05, 4.69) is 199 Å². The fraction of sp³-hybridized carbons (Fsp3) is 0.674. The highest BCUT2D eigenvalue weighted by Crippen LogP contribution is 2.17. The van der Waals surface area contributed by atoms with Gasteiger partial charge < -0.3 is 23.5 Å². The predicted molar refractivity (Wildman–Crippen MR) is 458 cm³/mol. The van der Waals surface area contributed by atoms with Crippen LogP contribution in [-0.2, 0) is 47.2 Å². The average Bonchev–Trinajstić information content (AvgIpc) is 1.71. The van der Waals surface area contributed by atoms with Crippen LogP contribution in [0.2, 0.25) is 0 Å². The number of amides is 1. The second kappa shape index (κ2) is 63.0. The monoisotopic (exact) mass is 1550 g/mol. The molecule has 624 valence electrons. The number of aromatic nitrogens is 14. The van der Waals surface area contributed by atoms with E-state index < -0.39 is 12.7 Å². The minimum absolute atomic E-state index is 0.104. The second-order valence-electron chi connectivity index (χ2n) is 31.6. The van der Waals surface area contributed by atoms with Gasteiger partial charge >= 0.3 is 5.76 Å². The molecule has 0 spiro atoms. The van der Waals surface area contributed by atoms with Gasteiger partial charge in [0.2, 0.25) is 17.7 Å². The lowest BCUT2D eigenvalue weighted by Crippen LogP contribution is -2.33. The van der Waals surface area contributed by atoms with Gasteiger partial charge in [-0.2, -0.15) is 20.4 Å². The van der Waals surface area contributed by atoms with Crippen LogP contribution < -0.4 is 11.1 Å². The molecule has 109 heavy (non-hydrogen) atoms. The summed E-state index contributed by atoms with van der Waals surface area (Å²) in [6.45, 7) is 69.7. The average molecular weight is 1550 g/mol. The number of H-pyrrole nitrogens is 3. The molecule has 0 aromatic carbocycles. The summed E-state index contributed by atoms with van der Waals surface area (Å²) in [5.74, 6) is 7.50. The molecule has 0 saturated carbocycles. The number of hydrogen-bond acceptors (Lipinski definition) is 15. The number of nitrogens with one attached hydrogen (secondary N) is 4. The molecular weight excluding hydrogens is 1390 g/mol. The van der Waals surface area contributed by atoms with Crippen LogP contribution in [0, 0.1) is 41.4 Å². The minimum atomic E-state index is -2.15. The molecule has 0 aliphatic carbocycles. The summed E-state index contributed by atoms with van der Waals surface area (Å²) in [5.41, 5.74) is 8.50. The van der Waals surface area contributed by atoms with Crippen LogP contribution in [0.1, 0.15) is 357 Å². The molecule has 0 aliphatic heterocycles. The molecule has 23 heteroatoms. The summed E-state index contributed by atoms with van der Waals surface area (Å²) in [5, 5.41) is 34.0. The van der Waals surface area contributed by atoms with E-state index in [1.54, 1.807) is 12.3 Å². The summed E-state index contributed by atoms with van der Waals surface area (Å²) in [7, 11) is 5.92. The molecule has 0 bridgehead atoms. The Hall–Kier alpha value is -7.66. The largest absolute Gasteiger partial charge is 0.434 e. The fourth-order valence-electron chi connectivity index (χ4n) is 8.38. The van der Waals surface area contributed by atoms with Crippen molar-refractivity contribution < 1.29 is 32.1 Å². The third kappa shape index (κ3) is 62.8. The van der Waals surface area contributed by atoms with Crippen LogP contribution in [0.3, 0.4) is 0 Å². The molecule has 8 heterocycles. The smallest absolute Gasteiger partial charge is 0.414 e. The van der Waals surface area contributed by atoms with Crippen molar-refractivity contribution >= 4 is 29.7 Å². The Bertz CT molecular complexity index is 3480. The van der Waals surface area contributed by atoms with Gasteiger partial charge in [-0.1, -0.05) is 200 Å². The van der Waals surface area contributed by atoms with Crippen LogP contribution >= 0.6 is 12.2 Å². The number of rotatable bonds is 18. The maximum Gasteiger partial charge on any atom is 0.434 e. The van der Waals surface area contributed by atoms with Crippen molar-refractivity contribution in [2.45, 2.75) is 327 Å². The Morgan fingerprint density at radius 3 is 1.16 bits per heavy atom. The van der Waals surface area contributed by atoms with E-state index in [4.69, 9.17) is 13.3 Å². The third-order valence-corrected chi connectivity index (χ3v) is 14.8. The molecule has 0 fully saturated rings. The first-order chi connectivity index (χ1) is 51.6. The molecule has 0 saturated heterocycles. The highest BCUT2D eigenvalue weighted by molar-refractivity contribution is 7.71. The first-order valence-corrected chi connectivity index (χ1v) is 39.7. The lowest BCUT2D eigenvalue weighted by Gasteiger charge is -2.09. The zero-order chi connectivity index (χ0) is 88.1. The van der Waals surface area contributed by atoms with Crippen LogP contribution in [0.4, 0.5) is 0 Å². The fourth-order valence-corrected chi connectivity index (χ4v) is 8.51. The van der Waals surface area contributed by atoms with Gasteiger partial charge in [0.15, 0.2) is 0 Å². The highest BCUT2D eigenvalue weighted by Gasteiger charge is 2.09. The summed E-state index contributed by atoms with van der Waals surface area (Å²) < 4.78 is 42.8. The zero-order valence-electron chi connectivity index (χ0n) is 78.1. The lowest BCUT2D eigenvalue weighted by molar-refractivity contribution is -0.124. The SMILES string of the molecule is CC(C)CC(C)C.CC(C)NC(=O)C(C)C.CC(C)OC(C)C.CC(C)c1cccnc1.CC(C)c1ccn(C)c1.CC(C)c1ccn(C)n1.CC(C)c1cnn(C)c1.CC(C)c1n[nH]c(=O)o1.CC(C)c1n[nH]c(=S)o1.CCC(=O)C(C)C.CCC(=O)C(C)C.Cc1[nH]ncc1C(C)C.[2H]C([2H])([2H])n1ccc(C(C)C)n1. The van der Waals surface area contributed by atoms with E-state index in [9.17, 15) is 19.2 Å². The van der Waals surface area contributed by atoms with Gasteiger partial charge in [-0.3, -0.25) is 38.5 Å². The molecule has 8 rings (SSSR count). The Balaban J connectivity index is -0.000000370. The molecule has 0 atom stereocenters. The van der Waals surface area contributed by atoms with Crippen molar-refractivity contribution in [1.29, 1.82) is 0 Å². The predicted octanol–water partition coefficient (Wildman–Crippen LogP) is 22.1. The quantitative estimate of drug-likeness (QED) is 0.0582. The zero-order valence-corrected chi connectivity index (χ0v) is 75.9. The Morgan fingerprint density at radius 1 is 0.523 bits per heavy atom. The number of carbonyl (C=O) groups excluding carboxylic acids is 3. The standard InChI is InChI=1S/C8H13N.C8H11N.4C7H12N2.C7H15NO.C7H16.C6H14O.2C6H12O.C5H8N2O2.C5H8N2OS/c1-7(2)8-4-5-9(3)6-8;1-7(2)8-4-3-5-9-6-8;1-6(2)7-4-8-9(3)5-7;2*1-6(2)7-4-5-9(3)8-7;1-5(2)7-4-8-9-6(7)3;1-5(2)7(9)8-6(3)4;1-6(2)5-7(3)4;1-5(2)7-6(3)4;2*1-4-6(7)5(2)3;1-3(2)4-6-7-5(8)9-4;1-3(2)4-6-7-5(9)8-4/h4-7H,1-3H3;3-7H,1-2H3;3*4-6H,1-3H3;4-5H,1-3H3,(H,8,9);5-6H,1-4H3,(H,8,9);6-7H,5H2,1-4H3;5-6H,1-4H3;2*5H,4H2,1-3H3;3H,1-2H3,(H,7,8);3H,1-2H3,(H,7,9)/i;;;3D3;;;;;;;;;. The van der Waals surface area contributed by atoms with Gasteiger partial charge in [0, 0.05) is 130 Å². The van der Waals surface area contributed by atoms with Crippen LogP contribution in [0.5, 0.6) is 0 Å². The molecule has 22 nitrogen and oxygen atoms in total. The molecular formula is C86H157N15O7S. The van der Waals surface area contributed by atoms with Crippen LogP contribution in [0.25, 0.3) is 0 Å². The van der Waals surface area contributed by atoms with E-state index in [0.29, 0.717) is 88.7 Å². The van der Waals surface area contributed by atoms with Crippen molar-refractivity contribution in [2.75, 3.05) is 0 Å². The Morgan fingerprint density at radius 2 is 0.991 bits per heavy atom. The summed E-state index contributed by atoms with van der Waals surface area (Å²) in [4.78, 5) is 46.5. The number of aromatic amines is 3. The molecule has 0 radical (unpaired) electrons. The number of nitrogens with zero attached hydrogens (tertiary/aromatic N) is 11. The van der Waals surface area contributed by atoms with Gasteiger partial charge in [0.25, 0.3) is 4.84 Å². The maximum absolute atomic E-state index is 10.8. The summed E-state index contributed by atoms with van der Waals surface area (Å²) in [6.07, 6.45) is 20.7. The van der Waals surface area contributed by atoms with Crippen molar-refractivity contribution in [2.24, 2.45) is 57.7 Å². The topological polar surface area (TPSA) is 273 Å². The molecule has 0 aliphatic rings. The van der Waals surface area contributed by atoms with Crippen molar-refractivity contribution in [3.05, 3.63) is 153 Å². The molecule has 8 aromatic rings. The van der Waals surface area contributed by atoms with Crippen molar-refractivity contribution in [3.8, 4) is 0 Å². The van der Waals surface area contributed by atoms with E-state index in [-0.39, 0.29) is 41.5 Å². The number of hydrogen-bond donors (Lipinski definition) is 4. The number of aryl methyl sites for hydroxylation is 5. The second-order valence-corrected chi connectivity index (χ2v) is 31.9. The number of pyridine rings is 1. The van der Waals surface area contributed by atoms with Crippen molar-refractivity contribution in [3.63, 3.8) is 0 Å². The van der Waals surface area contributed by atoms with Gasteiger partial charge in [0.05, 0.1) is 36.0 Å². The molecule has 1 amide bonds. The van der Waals surface area contributed by atoms with Gasteiger partial charge in [0.1, 0.15) is 11.6 Å². The number of ether oxygens (including phenoxy) is 1.